The molecule has 5 nitrogen and oxygen atoms in total. The van der Waals surface area contributed by atoms with Crippen LogP contribution in [-0.2, 0) is 16.0 Å². The van der Waals surface area contributed by atoms with E-state index in [1.54, 1.807) is 54.6 Å². The molecule has 2 rings (SSSR count). The van der Waals surface area contributed by atoms with Gasteiger partial charge in [0, 0.05) is 11.4 Å². The molecular formula is C17H16ClNO4. The van der Waals surface area contributed by atoms with Crippen molar-refractivity contribution in [1.29, 1.82) is 0 Å². The number of carboxylic acids is 1. The van der Waals surface area contributed by atoms with Crippen molar-refractivity contribution in [3.05, 3.63) is 70.7 Å². The van der Waals surface area contributed by atoms with Gasteiger partial charge in [0.05, 0.1) is 0 Å². The fraction of sp³-hybridized carbons (Fsp3) is 0.176. The summed E-state index contributed by atoms with van der Waals surface area (Å²) >= 11 is 5.87. The van der Waals surface area contributed by atoms with E-state index in [4.69, 9.17) is 11.6 Å². The Morgan fingerprint density at radius 2 is 1.78 bits per heavy atom. The van der Waals surface area contributed by atoms with E-state index in [-0.39, 0.29) is 6.42 Å². The van der Waals surface area contributed by atoms with Gasteiger partial charge < -0.3 is 15.5 Å². The van der Waals surface area contributed by atoms with E-state index in [1.807, 2.05) is 0 Å². The van der Waals surface area contributed by atoms with Crippen LogP contribution in [0.15, 0.2) is 54.6 Å². The largest absolute Gasteiger partial charge is 0.480 e. The summed E-state index contributed by atoms with van der Waals surface area (Å²) in [6.07, 6.45) is -1.35. The fourth-order valence-corrected chi connectivity index (χ4v) is 2.35. The van der Waals surface area contributed by atoms with Crippen molar-refractivity contribution < 1.29 is 19.8 Å². The van der Waals surface area contributed by atoms with E-state index in [1.165, 1.54) is 0 Å². The number of aliphatic carboxylic acids is 1. The highest BCUT2D eigenvalue weighted by Crippen LogP contribution is 2.15. The molecule has 1 amide bonds. The number of aliphatic hydroxyl groups excluding tert-OH is 1. The third-order valence-electron chi connectivity index (χ3n) is 3.31. The van der Waals surface area contributed by atoms with Crippen LogP contribution in [0.3, 0.4) is 0 Å². The predicted octanol–water partition coefficient (Wildman–Crippen LogP) is 2.19. The molecule has 6 heteroatoms. The Hall–Kier alpha value is -2.37. The van der Waals surface area contributed by atoms with E-state index in [9.17, 15) is 19.8 Å². The minimum atomic E-state index is -1.42. The number of benzene rings is 2. The molecule has 2 atom stereocenters. The maximum atomic E-state index is 12.1. The van der Waals surface area contributed by atoms with E-state index in [2.05, 4.69) is 5.32 Å². The second-order valence-electron chi connectivity index (χ2n) is 5.05. The van der Waals surface area contributed by atoms with Crippen LogP contribution in [0, 0.1) is 0 Å². The number of rotatable bonds is 6. The van der Waals surface area contributed by atoms with Crippen molar-refractivity contribution in [3.8, 4) is 0 Å². The van der Waals surface area contributed by atoms with Gasteiger partial charge in [0.25, 0.3) is 5.91 Å². The lowest BCUT2D eigenvalue weighted by atomic mass is 10.0. The van der Waals surface area contributed by atoms with Crippen molar-refractivity contribution in [1.82, 2.24) is 5.32 Å². The van der Waals surface area contributed by atoms with Gasteiger partial charge in [0.1, 0.15) is 6.04 Å². The summed E-state index contributed by atoms with van der Waals surface area (Å²) in [6.45, 7) is 0. The first-order valence-electron chi connectivity index (χ1n) is 6.98. The van der Waals surface area contributed by atoms with Crippen LogP contribution in [0.4, 0.5) is 0 Å². The van der Waals surface area contributed by atoms with E-state index in [0.29, 0.717) is 16.1 Å². The van der Waals surface area contributed by atoms with Crippen molar-refractivity contribution in [2.45, 2.75) is 18.6 Å². The third kappa shape index (κ3) is 4.81. The zero-order valence-corrected chi connectivity index (χ0v) is 12.9. The van der Waals surface area contributed by atoms with E-state index in [0.717, 1.165) is 0 Å². The van der Waals surface area contributed by atoms with Crippen LogP contribution in [0.25, 0.3) is 0 Å². The summed E-state index contributed by atoms with van der Waals surface area (Å²) in [7, 11) is 0. The molecule has 0 aliphatic rings. The van der Waals surface area contributed by atoms with E-state index < -0.39 is 24.0 Å². The van der Waals surface area contributed by atoms with E-state index >= 15 is 0 Å². The Balaban J connectivity index is 2.07. The van der Waals surface area contributed by atoms with Gasteiger partial charge in [-0.15, -0.1) is 0 Å². The van der Waals surface area contributed by atoms with Gasteiger partial charge in [-0.05, 0) is 23.3 Å². The molecule has 0 unspecified atom stereocenters. The smallest absolute Gasteiger partial charge is 0.326 e. The molecule has 0 fully saturated rings. The quantitative estimate of drug-likeness (QED) is 0.756. The van der Waals surface area contributed by atoms with Gasteiger partial charge in [-0.2, -0.15) is 0 Å². The monoisotopic (exact) mass is 333 g/mol. The Bertz CT molecular complexity index is 690. The number of nitrogens with one attached hydrogen (secondary N) is 1. The number of halogens is 1. The molecule has 0 bridgehead atoms. The summed E-state index contributed by atoms with van der Waals surface area (Å²) in [5.74, 6) is -1.94. The standard InChI is InChI=1S/C17H16ClNO4/c18-13-8-4-5-11(9-13)10-14(17(22)23)19-16(21)15(20)12-6-2-1-3-7-12/h1-9,14-15,20H,10H2,(H,19,21)(H,22,23)/t14-,15+/m1/s1. The maximum Gasteiger partial charge on any atom is 0.326 e. The Labute approximate surface area is 138 Å². The molecule has 0 aliphatic heterocycles. The first kappa shape index (κ1) is 17.0. The molecule has 2 aromatic carbocycles. The first-order valence-corrected chi connectivity index (χ1v) is 7.36. The van der Waals surface area contributed by atoms with Crippen molar-refractivity contribution in [3.63, 3.8) is 0 Å². The summed E-state index contributed by atoms with van der Waals surface area (Å²) in [5.41, 5.74) is 1.08. The molecule has 2 aromatic rings. The highest BCUT2D eigenvalue weighted by molar-refractivity contribution is 6.30. The highest BCUT2D eigenvalue weighted by atomic mass is 35.5. The predicted molar refractivity (Wildman–Crippen MR) is 86.1 cm³/mol. The highest BCUT2D eigenvalue weighted by Gasteiger charge is 2.25. The van der Waals surface area contributed by atoms with Gasteiger partial charge in [0.2, 0.25) is 0 Å². The van der Waals surface area contributed by atoms with Gasteiger partial charge in [-0.25, -0.2) is 4.79 Å². The second kappa shape index (κ2) is 7.76. The van der Waals surface area contributed by atoms with Crippen LogP contribution in [0.5, 0.6) is 0 Å². The van der Waals surface area contributed by atoms with Crippen molar-refractivity contribution >= 4 is 23.5 Å². The Morgan fingerprint density at radius 1 is 1.09 bits per heavy atom. The second-order valence-corrected chi connectivity index (χ2v) is 5.48. The van der Waals surface area contributed by atoms with Crippen LogP contribution in [0.2, 0.25) is 5.02 Å². The molecule has 0 spiro atoms. The number of hydrogen-bond donors (Lipinski definition) is 3. The van der Waals surface area contributed by atoms with Gasteiger partial charge in [0.15, 0.2) is 6.10 Å². The normalized spacial score (nSPS) is 13.1. The Kier molecular flexibility index (Phi) is 5.73. The first-order chi connectivity index (χ1) is 11.0. The zero-order chi connectivity index (χ0) is 16.8. The number of hydrogen-bond acceptors (Lipinski definition) is 3. The molecule has 0 saturated heterocycles. The minimum absolute atomic E-state index is 0.0726. The summed E-state index contributed by atoms with van der Waals surface area (Å²) < 4.78 is 0. The summed E-state index contributed by atoms with van der Waals surface area (Å²) in [5, 5.41) is 22.1. The molecule has 0 heterocycles. The lowest BCUT2D eigenvalue weighted by molar-refractivity contribution is -0.143. The number of carbonyl (C=O) groups excluding carboxylic acids is 1. The molecule has 0 aromatic heterocycles. The fourth-order valence-electron chi connectivity index (χ4n) is 2.14. The number of aliphatic hydroxyl groups is 1. The molecular weight excluding hydrogens is 318 g/mol. The zero-order valence-electron chi connectivity index (χ0n) is 12.1. The minimum Gasteiger partial charge on any atom is -0.480 e. The third-order valence-corrected chi connectivity index (χ3v) is 3.54. The van der Waals surface area contributed by atoms with Gasteiger partial charge in [-0.3, -0.25) is 4.79 Å². The molecule has 0 saturated carbocycles. The molecule has 23 heavy (non-hydrogen) atoms. The number of carboxylic acid groups (broad SMARTS) is 1. The maximum absolute atomic E-state index is 12.1. The number of carbonyl (C=O) groups is 2. The van der Waals surface area contributed by atoms with Gasteiger partial charge >= 0.3 is 5.97 Å². The number of amides is 1. The Morgan fingerprint density at radius 3 is 2.39 bits per heavy atom. The lowest BCUT2D eigenvalue weighted by Crippen LogP contribution is -2.44. The topological polar surface area (TPSA) is 86.6 Å². The molecule has 3 N–H and O–H groups in total. The van der Waals surface area contributed by atoms with Crippen LogP contribution in [-0.4, -0.2) is 28.1 Å². The van der Waals surface area contributed by atoms with Crippen LogP contribution >= 0.6 is 11.6 Å². The average Bonchev–Trinajstić information content (AvgIpc) is 2.54. The van der Waals surface area contributed by atoms with Crippen LogP contribution in [0.1, 0.15) is 17.2 Å². The summed E-state index contributed by atoms with van der Waals surface area (Å²) in [4.78, 5) is 23.4. The van der Waals surface area contributed by atoms with Gasteiger partial charge in [-0.1, -0.05) is 54.1 Å². The molecule has 0 radical (unpaired) electrons. The average molecular weight is 334 g/mol. The molecule has 120 valence electrons. The molecule has 0 aliphatic carbocycles. The summed E-state index contributed by atoms with van der Waals surface area (Å²) in [6, 6.07) is 13.9. The van der Waals surface area contributed by atoms with Crippen LogP contribution < -0.4 is 5.32 Å². The van der Waals surface area contributed by atoms with Crippen molar-refractivity contribution in [2.75, 3.05) is 0 Å². The SMILES string of the molecule is O=C(N[C@H](Cc1cccc(Cl)c1)C(=O)O)[C@@H](O)c1ccccc1. The lowest BCUT2D eigenvalue weighted by Gasteiger charge is -2.17. The van der Waals surface area contributed by atoms with Crippen molar-refractivity contribution in [2.24, 2.45) is 0 Å².